The minimum atomic E-state index is -0.220. The minimum absolute atomic E-state index is 0.0571. The Hall–Kier alpha value is -1.77. The number of rotatable bonds is 5. The van der Waals surface area contributed by atoms with Gasteiger partial charge in [0.1, 0.15) is 6.61 Å². The number of carbonyl (C=O) groups excluding carboxylic acids is 1. The molecule has 1 saturated heterocycles. The molecule has 0 spiro atoms. The summed E-state index contributed by atoms with van der Waals surface area (Å²) in [5.41, 5.74) is 1.13. The molecule has 1 aliphatic heterocycles. The molecule has 1 aromatic carbocycles. The number of carbonyl (C=O) groups is 1. The van der Waals surface area contributed by atoms with E-state index in [1.807, 2.05) is 30.3 Å². The number of hydrogen-bond donors (Lipinski definition) is 0. The molecule has 0 aliphatic carbocycles. The monoisotopic (exact) mass is 259 g/mol. The van der Waals surface area contributed by atoms with Gasteiger partial charge < -0.3 is 4.74 Å². The lowest BCUT2D eigenvalue weighted by Gasteiger charge is -2.19. The van der Waals surface area contributed by atoms with E-state index in [-0.39, 0.29) is 12.1 Å². The average Bonchev–Trinajstić information content (AvgIpc) is 2.78. The second-order valence-electron chi connectivity index (χ2n) is 5.03. The summed E-state index contributed by atoms with van der Waals surface area (Å²) in [6.45, 7) is 5.40. The molecule has 0 unspecified atom stereocenters. The third-order valence-corrected chi connectivity index (χ3v) is 3.51. The molecule has 1 fully saturated rings. The highest BCUT2D eigenvalue weighted by atomic mass is 16.6. The molecule has 0 saturated carbocycles. The molecule has 2 rings (SSSR count). The fraction of sp³-hybridized carbons (Fsp3) is 0.438. The Morgan fingerprint density at radius 3 is 2.84 bits per heavy atom. The number of nitrogens with zero attached hydrogens (tertiary/aromatic N) is 1. The summed E-state index contributed by atoms with van der Waals surface area (Å²) in [6.07, 6.45) is 5.16. The molecule has 0 aromatic heterocycles. The summed E-state index contributed by atoms with van der Waals surface area (Å²) in [6, 6.07) is 10.1. The smallest absolute Gasteiger partial charge is 0.410 e. The second-order valence-corrected chi connectivity index (χ2v) is 5.03. The number of ether oxygens (including phenoxy) is 1. The molecular weight excluding hydrogens is 238 g/mol. The number of hydrogen-bond acceptors (Lipinski definition) is 2. The highest BCUT2D eigenvalue weighted by Gasteiger charge is 2.30. The van der Waals surface area contributed by atoms with Gasteiger partial charge in [-0.3, -0.25) is 4.90 Å². The average molecular weight is 259 g/mol. The van der Waals surface area contributed by atoms with Gasteiger partial charge in [-0.1, -0.05) is 62.8 Å². The molecule has 0 bridgehead atoms. The van der Waals surface area contributed by atoms with Crippen molar-refractivity contribution in [3.05, 3.63) is 48.0 Å². The zero-order valence-corrected chi connectivity index (χ0v) is 11.6. The Morgan fingerprint density at radius 2 is 2.16 bits per heavy atom. The van der Waals surface area contributed by atoms with Crippen molar-refractivity contribution in [3.63, 3.8) is 0 Å². The zero-order valence-electron chi connectivity index (χ0n) is 11.6. The predicted octanol–water partition coefficient (Wildman–Crippen LogP) is 3.61. The summed E-state index contributed by atoms with van der Waals surface area (Å²) in [5.74, 6) is 0.536. The molecule has 2 atom stereocenters. The quantitative estimate of drug-likeness (QED) is 0.756. The van der Waals surface area contributed by atoms with Crippen molar-refractivity contribution in [3.8, 4) is 0 Å². The lowest BCUT2D eigenvalue weighted by molar-refractivity contribution is 0.156. The summed E-state index contributed by atoms with van der Waals surface area (Å²) in [7, 11) is 0. The van der Waals surface area contributed by atoms with Crippen LogP contribution in [0.5, 0.6) is 0 Å². The van der Waals surface area contributed by atoms with E-state index in [2.05, 4.69) is 26.0 Å². The van der Waals surface area contributed by atoms with Crippen LogP contribution in [-0.2, 0) is 11.3 Å². The highest BCUT2D eigenvalue weighted by molar-refractivity contribution is 5.70. The van der Waals surface area contributed by atoms with Crippen LogP contribution in [0.3, 0.4) is 0 Å². The molecule has 1 aromatic rings. The van der Waals surface area contributed by atoms with Gasteiger partial charge in [-0.2, -0.15) is 0 Å². The second kappa shape index (κ2) is 6.41. The Balaban J connectivity index is 2.03. The van der Waals surface area contributed by atoms with Gasteiger partial charge in [-0.15, -0.1) is 0 Å². The lowest BCUT2D eigenvalue weighted by atomic mass is 10.1. The molecule has 1 amide bonds. The van der Waals surface area contributed by atoms with Crippen molar-refractivity contribution in [2.45, 2.75) is 32.9 Å². The van der Waals surface area contributed by atoms with E-state index in [9.17, 15) is 4.79 Å². The van der Waals surface area contributed by atoms with Crippen LogP contribution in [-0.4, -0.2) is 23.6 Å². The topological polar surface area (TPSA) is 29.5 Å². The summed E-state index contributed by atoms with van der Waals surface area (Å²) >= 11 is 0. The molecule has 3 nitrogen and oxygen atoms in total. The molecule has 3 heteroatoms. The number of cyclic esters (lactones) is 1. The van der Waals surface area contributed by atoms with Gasteiger partial charge in [-0.25, -0.2) is 4.79 Å². The van der Waals surface area contributed by atoms with E-state index in [0.717, 1.165) is 12.0 Å². The van der Waals surface area contributed by atoms with Crippen molar-refractivity contribution in [1.82, 2.24) is 4.90 Å². The SMILES string of the molecule is CC[C@@H](C)/C=C\[C@H]1COC(=O)N1Cc1ccccc1. The number of amides is 1. The predicted molar refractivity (Wildman–Crippen MR) is 75.7 cm³/mol. The van der Waals surface area contributed by atoms with Crippen LogP contribution in [0.15, 0.2) is 42.5 Å². The molecule has 0 radical (unpaired) electrons. The standard InChI is InChI=1S/C16H21NO2/c1-3-13(2)9-10-15-12-19-16(18)17(15)11-14-7-5-4-6-8-14/h4-10,13,15H,3,11-12H2,1-2H3/b10-9-/t13-,15+/m1/s1. The van der Waals surface area contributed by atoms with Crippen LogP contribution < -0.4 is 0 Å². The van der Waals surface area contributed by atoms with E-state index < -0.39 is 0 Å². The van der Waals surface area contributed by atoms with E-state index in [4.69, 9.17) is 4.74 Å². The Kier molecular flexibility index (Phi) is 4.61. The van der Waals surface area contributed by atoms with Crippen molar-refractivity contribution in [2.24, 2.45) is 5.92 Å². The Morgan fingerprint density at radius 1 is 1.42 bits per heavy atom. The maximum Gasteiger partial charge on any atom is 0.410 e. The highest BCUT2D eigenvalue weighted by Crippen LogP contribution is 2.18. The Bertz CT molecular complexity index is 441. The first-order valence-corrected chi connectivity index (χ1v) is 6.86. The molecule has 1 aliphatic rings. The Labute approximate surface area is 114 Å². The third kappa shape index (κ3) is 3.60. The first kappa shape index (κ1) is 13.7. The molecule has 0 N–H and O–H groups in total. The van der Waals surface area contributed by atoms with Crippen LogP contribution >= 0.6 is 0 Å². The van der Waals surface area contributed by atoms with Gasteiger partial charge in [0.15, 0.2) is 0 Å². The first-order chi connectivity index (χ1) is 9.20. The molecule has 19 heavy (non-hydrogen) atoms. The fourth-order valence-corrected chi connectivity index (χ4v) is 2.04. The normalized spacial score (nSPS) is 20.8. The lowest BCUT2D eigenvalue weighted by Crippen LogP contribution is -2.31. The van der Waals surface area contributed by atoms with E-state index in [0.29, 0.717) is 19.1 Å². The van der Waals surface area contributed by atoms with Gasteiger partial charge in [0.05, 0.1) is 6.04 Å². The molecule has 102 valence electrons. The largest absolute Gasteiger partial charge is 0.447 e. The zero-order chi connectivity index (χ0) is 13.7. The third-order valence-electron chi connectivity index (χ3n) is 3.51. The van der Waals surface area contributed by atoms with E-state index >= 15 is 0 Å². The maximum absolute atomic E-state index is 11.8. The van der Waals surface area contributed by atoms with Gasteiger partial charge >= 0.3 is 6.09 Å². The summed E-state index contributed by atoms with van der Waals surface area (Å²) < 4.78 is 5.15. The summed E-state index contributed by atoms with van der Waals surface area (Å²) in [4.78, 5) is 13.6. The first-order valence-electron chi connectivity index (χ1n) is 6.86. The number of benzene rings is 1. The van der Waals surface area contributed by atoms with E-state index in [1.165, 1.54) is 0 Å². The number of allylic oxidation sites excluding steroid dienone is 1. The molecule has 1 heterocycles. The van der Waals surface area contributed by atoms with Crippen molar-refractivity contribution in [2.75, 3.05) is 6.61 Å². The van der Waals surface area contributed by atoms with Crippen LogP contribution in [0, 0.1) is 5.92 Å². The van der Waals surface area contributed by atoms with Crippen LogP contribution in [0.1, 0.15) is 25.8 Å². The van der Waals surface area contributed by atoms with Crippen molar-refractivity contribution < 1.29 is 9.53 Å². The van der Waals surface area contributed by atoms with Crippen LogP contribution in [0.25, 0.3) is 0 Å². The van der Waals surface area contributed by atoms with Crippen molar-refractivity contribution >= 4 is 6.09 Å². The van der Waals surface area contributed by atoms with Crippen molar-refractivity contribution in [1.29, 1.82) is 0 Å². The van der Waals surface area contributed by atoms with Gasteiger partial charge in [0, 0.05) is 6.54 Å². The maximum atomic E-state index is 11.8. The fourth-order valence-electron chi connectivity index (χ4n) is 2.04. The minimum Gasteiger partial charge on any atom is -0.447 e. The van der Waals surface area contributed by atoms with Gasteiger partial charge in [0.2, 0.25) is 0 Å². The van der Waals surface area contributed by atoms with Crippen LogP contribution in [0.4, 0.5) is 4.79 Å². The summed E-state index contributed by atoms with van der Waals surface area (Å²) in [5, 5.41) is 0. The van der Waals surface area contributed by atoms with Gasteiger partial charge in [-0.05, 0) is 11.5 Å². The van der Waals surface area contributed by atoms with E-state index in [1.54, 1.807) is 4.90 Å². The van der Waals surface area contributed by atoms with Crippen LogP contribution in [0.2, 0.25) is 0 Å². The molecular formula is C16H21NO2. The van der Waals surface area contributed by atoms with Gasteiger partial charge in [0.25, 0.3) is 0 Å².